The molecule has 0 aromatic rings. The van der Waals surface area contributed by atoms with Crippen LogP contribution < -0.4 is 5.32 Å². The Kier molecular flexibility index (Phi) is 9.87. The SMILES string of the molecule is CCC[C@H](CCCNCCO)OC. The van der Waals surface area contributed by atoms with Crippen molar-refractivity contribution < 1.29 is 9.84 Å². The molecule has 0 radical (unpaired) electrons. The molecule has 3 nitrogen and oxygen atoms in total. The van der Waals surface area contributed by atoms with Crippen LogP contribution in [0, 0.1) is 0 Å². The van der Waals surface area contributed by atoms with Gasteiger partial charge in [0.25, 0.3) is 0 Å². The van der Waals surface area contributed by atoms with E-state index in [1.165, 1.54) is 6.42 Å². The first-order chi connectivity index (χ1) is 6.35. The molecule has 0 bridgehead atoms. The molecule has 0 aliphatic carbocycles. The van der Waals surface area contributed by atoms with Crippen molar-refractivity contribution in [3.05, 3.63) is 0 Å². The standard InChI is InChI=1S/C10H23NO2/c1-3-5-10(13-2)6-4-7-11-8-9-12/h10-12H,3-9H2,1-2H3/t10-/m1/s1. The Hall–Kier alpha value is -0.120. The van der Waals surface area contributed by atoms with Gasteiger partial charge in [-0.25, -0.2) is 0 Å². The number of aliphatic hydroxyl groups is 1. The highest BCUT2D eigenvalue weighted by Crippen LogP contribution is 2.07. The van der Waals surface area contributed by atoms with Crippen molar-refractivity contribution >= 4 is 0 Å². The van der Waals surface area contributed by atoms with Crippen molar-refractivity contribution in [3.8, 4) is 0 Å². The molecule has 0 heterocycles. The molecule has 0 spiro atoms. The van der Waals surface area contributed by atoms with Crippen molar-refractivity contribution in [2.24, 2.45) is 0 Å². The summed E-state index contributed by atoms with van der Waals surface area (Å²) in [5.74, 6) is 0. The van der Waals surface area contributed by atoms with Crippen LogP contribution in [-0.2, 0) is 4.74 Å². The molecular formula is C10H23NO2. The lowest BCUT2D eigenvalue weighted by atomic mass is 10.1. The second-order valence-corrected chi connectivity index (χ2v) is 3.26. The van der Waals surface area contributed by atoms with Crippen molar-refractivity contribution in [1.82, 2.24) is 5.32 Å². The topological polar surface area (TPSA) is 41.5 Å². The van der Waals surface area contributed by atoms with E-state index >= 15 is 0 Å². The second-order valence-electron chi connectivity index (χ2n) is 3.26. The lowest BCUT2D eigenvalue weighted by molar-refractivity contribution is 0.0855. The maximum atomic E-state index is 8.52. The number of nitrogens with one attached hydrogen (secondary N) is 1. The van der Waals surface area contributed by atoms with Gasteiger partial charge in [0.05, 0.1) is 12.7 Å². The third-order valence-corrected chi connectivity index (χ3v) is 2.11. The molecule has 0 fully saturated rings. The number of hydrogen-bond acceptors (Lipinski definition) is 3. The zero-order chi connectivity index (χ0) is 9.94. The molecule has 0 amide bonds. The zero-order valence-electron chi connectivity index (χ0n) is 8.88. The van der Waals surface area contributed by atoms with Crippen molar-refractivity contribution in [1.29, 1.82) is 0 Å². The van der Waals surface area contributed by atoms with Gasteiger partial charge in [0, 0.05) is 13.7 Å². The van der Waals surface area contributed by atoms with Crippen molar-refractivity contribution in [2.45, 2.75) is 38.7 Å². The van der Waals surface area contributed by atoms with E-state index in [-0.39, 0.29) is 6.61 Å². The van der Waals surface area contributed by atoms with Crippen LogP contribution in [0.3, 0.4) is 0 Å². The lowest BCUT2D eigenvalue weighted by Crippen LogP contribution is -2.21. The predicted molar refractivity (Wildman–Crippen MR) is 54.9 cm³/mol. The number of hydrogen-bond donors (Lipinski definition) is 2. The van der Waals surface area contributed by atoms with Crippen molar-refractivity contribution in [2.75, 3.05) is 26.8 Å². The summed E-state index contributed by atoms with van der Waals surface area (Å²) < 4.78 is 5.32. The highest BCUT2D eigenvalue weighted by molar-refractivity contribution is 4.58. The first kappa shape index (κ1) is 12.9. The first-order valence-electron chi connectivity index (χ1n) is 5.19. The third-order valence-electron chi connectivity index (χ3n) is 2.11. The van der Waals surface area contributed by atoms with Crippen LogP contribution in [0.5, 0.6) is 0 Å². The van der Waals surface area contributed by atoms with Crippen LogP contribution >= 0.6 is 0 Å². The third kappa shape index (κ3) is 8.22. The maximum absolute atomic E-state index is 8.52. The van der Waals surface area contributed by atoms with Gasteiger partial charge in [0.2, 0.25) is 0 Å². The van der Waals surface area contributed by atoms with Crippen LogP contribution in [0.1, 0.15) is 32.6 Å². The van der Waals surface area contributed by atoms with Gasteiger partial charge in [-0.05, 0) is 25.8 Å². The van der Waals surface area contributed by atoms with Gasteiger partial charge >= 0.3 is 0 Å². The maximum Gasteiger partial charge on any atom is 0.0571 e. The summed E-state index contributed by atoms with van der Waals surface area (Å²) in [7, 11) is 1.78. The van der Waals surface area contributed by atoms with E-state index in [0.29, 0.717) is 12.6 Å². The molecule has 0 saturated heterocycles. The fraction of sp³-hybridized carbons (Fsp3) is 1.00. The van der Waals surface area contributed by atoms with E-state index in [0.717, 1.165) is 25.8 Å². The molecule has 3 heteroatoms. The number of rotatable bonds is 9. The lowest BCUT2D eigenvalue weighted by Gasteiger charge is -2.13. The minimum atomic E-state index is 0.225. The van der Waals surface area contributed by atoms with E-state index in [1.54, 1.807) is 7.11 Å². The number of aliphatic hydroxyl groups excluding tert-OH is 1. The van der Waals surface area contributed by atoms with Crippen LogP contribution in [-0.4, -0.2) is 38.0 Å². The van der Waals surface area contributed by atoms with E-state index in [2.05, 4.69) is 12.2 Å². The van der Waals surface area contributed by atoms with Crippen LogP contribution in [0.2, 0.25) is 0 Å². The summed E-state index contributed by atoms with van der Waals surface area (Å²) in [6.07, 6.45) is 4.99. The number of ether oxygens (including phenoxy) is 1. The Bertz CT molecular complexity index is 98.9. The van der Waals surface area contributed by atoms with Gasteiger partial charge < -0.3 is 15.2 Å². The van der Waals surface area contributed by atoms with Crippen LogP contribution in [0.25, 0.3) is 0 Å². The van der Waals surface area contributed by atoms with Crippen LogP contribution in [0.15, 0.2) is 0 Å². The molecular weight excluding hydrogens is 166 g/mol. The summed E-state index contributed by atoms with van der Waals surface area (Å²) in [6.45, 7) is 4.08. The van der Waals surface area contributed by atoms with Gasteiger partial charge in [-0.3, -0.25) is 0 Å². The molecule has 0 aliphatic heterocycles. The molecule has 1 atom stereocenters. The summed E-state index contributed by atoms with van der Waals surface area (Å²) in [4.78, 5) is 0. The minimum Gasteiger partial charge on any atom is -0.395 e. The molecule has 0 aliphatic rings. The summed E-state index contributed by atoms with van der Waals surface area (Å²) in [5, 5.41) is 11.7. The summed E-state index contributed by atoms with van der Waals surface area (Å²) >= 11 is 0. The molecule has 80 valence electrons. The van der Waals surface area contributed by atoms with Crippen LogP contribution in [0.4, 0.5) is 0 Å². The van der Waals surface area contributed by atoms with E-state index in [1.807, 2.05) is 0 Å². The average molecular weight is 189 g/mol. The highest BCUT2D eigenvalue weighted by atomic mass is 16.5. The Morgan fingerprint density at radius 2 is 2.08 bits per heavy atom. The van der Waals surface area contributed by atoms with E-state index in [4.69, 9.17) is 9.84 Å². The van der Waals surface area contributed by atoms with E-state index in [9.17, 15) is 0 Å². The molecule has 2 N–H and O–H groups in total. The zero-order valence-corrected chi connectivity index (χ0v) is 8.88. The van der Waals surface area contributed by atoms with Crippen molar-refractivity contribution in [3.63, 3.8) is 0 Å². The van der Waals surface area contributed by atoms with E-state index < -0.39 is 0 Å². The molecule has 0 aromatic heterocycles. The Balaban J connectivity index is 3.17. The monoisotopic (exact) mass is 189 g/mol. The normalized spacial score (nSPS) is 13.2. The van der Waals surface area contributed by atoms with Gasteiger partial charge in [-0.15, -0.1) is 0 Å². The largest absolute Gasteiger partial charge is 0.395 e. The average Bonchev–Trinajstić information content (AvgIpc) is 2.16. The fourth-order valence-electron chi connectivity index (χ4n) is 1.36. The Morgan fingerprint density at radius 3 is 2.62 bits per heavy atom. The molecule has 0 rings (SSSR count). The van der Waals surface area contributed by atoms with Gasteiger partial charge in [-0.1, -0.05) is 13.3 Å². The number of methoxy groups -OCH3 is 1. The summed E-state index contributed by atoms with van der Waals surface area (Å²) in [6, 6.07) is 0. The minimum absolute atomic E-state index is 0.225. The molecule has 13 heavy (non-hydrogen) atoms. The first-order valence-corrected chi connectivity index (χ1v) is 5.19. The molecule has 0 aromatic carbocycles. The molecule has 0 saturated carbocycles. The fourth-order valence-corrected chi connectivity index (χ4v) is 1.36. The molecule has 0 unspecified atom stereocenters. The quantitative estimate of drug-likeness (QED) is 0.535. The smallest absolute Gasteiger partial charge is 0.0571 e. The second kappa shape index (κ2) is 9.96. The Labute approximate surface area is 81.5 Å². The Morgan fingerprint density at radius 1 is 1.31 bits per heavy atom. The summed E-state index contributed by atoms with van der Waals surface area (Å²) in [5.41, 5.74) is 0. The van der Waals surface area contributed by atoms with Gasteiger partial charge in [0.15, 0.2) is 0 Å². The van der Waals surface area contributed by atoms with Gasteiger partial charge in [0.1, 0.15) is 0 Å². The predicted octanol–water partition coefficient (Wildman–Crippen LogP) is 1.16. The highest BCUT2D eigenvalue weighted by Gasteiger charge is 2.04. The van der Waals surface area contributed by atoms with Gasteiger partial charge in [-0.2, -0.15) is 0 Å².